The van der Waals surface area contributed by atoms with Gasteiger partial charge in [-0.1, -0.05) is 23.4 Å². The highest BCUT2D eigenvalue weighted by molar-refractivity contribution is 7.98. The summed E-state index contributed by atoms with van der Waals surface area (Å²) in [6, 6.07) is 12.0. The molecule has 1 N–H and O–H groups in total. The number of carbonyl (C=O) groups excluding carboxylic acids is 1. The molecule has 1 atom stereocenters. The van der Waals surface area contributed by atoms with Crippen molar-refractivity contribution in [1.29, 1.82) is 0 Å². The average Bonchev–Trinajstić information content (AvgIpc) is 3.31. The Morgan fingerprint density at radius 1 is 1.25 bits per heavy atom. The van der Waals surface area contributed by atoms with E-state index >= 15 is 0 Å². The van der Waals surface area contributed by atoms with Crippen LogP contribution in [0.3, 0.4) is 0 Å². The maximum atomic E-state index is 12.9. The van der Waals surface area contributed by atoms with E-state index < -0.39 is 0 Å². The summed E-state index contributed by atoms with van der Waals surface area (Å²) in [7, 11) is 4.06. The molecule has 0 aliphatic carbocycles. The summed E-state index contributed by atoms with van der Waals surface area (Å²) in [6.45, 7) is 4.42. The minimum atomic E-state index is -0.0507. The zero-order valence-electron chi connectivity index (χ0n) is 16.6. The van der Waals surface area contributed by atoms with Crippen LogP contribution in [-0.4, -0.2) is 36.6 Å². The quantitative estimate of drug-likeness (QED) is 0.542. The van der Waals surface area contributed by atoms with Crippen LogP contribution in [0.1, 0.15) is 38.3 Å². The molecule has 0 spiro atoms. The van der Waals surface area contributed by atoms with Gasteiger partial charge in [0, 0.05) is 27.6 Å². The zero-order chi connectivity index (χ0) is 20.1. The molecule has 0 bridgehead atoms. The van der Waals surface area contributed by atoms with Crippen LogP contribution in [0.4, 0.5) is 0 Å². The minimum absolute atomic E-state index is 0.0507. The van der Waals surface area contributed by atoms with Gasteiger partial charge in [-0.25, -0.2) is 0 Å². The molecule has 0 aliphatic heterocycles. The number of likely N-dealkylation sites (N-methyl/N-ethyl adjacent to an activating group) is 1. The van der Waals surface area contributed by atoms with Gasteiger partial charge >= 0.3 is 0 Å². The summed E-state index contributed by atoms with van der Waals surface area (Å²) in [4.78, 5) is 17.2. The molecular weight excluding hydrogens is 390 g/mol. The smallest absolute Gasteiger partial charge is 0.252 e. The van der Waals surface area contributed by atoms with E-state index in [1.807, 2.05) is 58.3 Å². The number of benzene rings is 1. The lowest BCUT2D eigenvalue weighted by Crippen LogP contribution is -2.34. The van der Waals surface area contributed by atoms with Gasteiger partial charge in [0.25, 0.3) is 5.91 Å². The minimum Gasteiger partial charge on any atom is -0.361 e. The molecule has 0 aliphatic rings. The van der Waals surface area contributed by atoms with Crippen LogP contribution < -0.4 is 5.32 Å². The van der Waals surface area contributed by atoms with Crippen molar-refractivity contribution in [2.24, 2.45) is 0 Å². The summed E-state index contributed by atoms with van der Waals surface area (Å²) in [5.41, 5.74) is 2.69. The summed E-state index contributed by atoms with van der Waals surface area (Å²) >= 11 is 3.34. The van der Waals surface area contributed by atoms with Crippen molar-refractivity contribution in [1.82, 2.24) is 15.4 Å². The molecule has 28 heavy (non-hydrogen) atoms. The number of aryl methyl sites for hydroxylation is 2. The number of rotatable bonds is 8. The first-order valence-electron chi connectivity index (χ1n) is 9.09. The van der Waals surface area contributed by atoms with Crippen molar-refractivity contribution in [3.05, 3.63) is 69.2 Å². The van der Waals surface area contributed by atoms with Gasteiger partial charge in [0.2, 0.25) is 0 Å². The Hall–Kier alpha value is -2.09. The molecule has 0 saturated heterocycles. The van der Waals surface area contributed by atoms with Crippen LogP contribution in [0, 0.1) is 13.8 Å². The number of amides is 1. The Morgan fingerprint density at radius 2 is 2.04 bits per heavy atom. The largest absolute Gasteiger partial charge is 0.361 e. The molecule has 148 valence electrons. The number of nitrogens with one attached hydrogen (secondary N) is 1. The number of aromatic nitrogens is 1. The fourth-order valence-corrected chi connectivity index (χ4v) is 5.07. The van der Waals surface area contributed by atoms with E-state index in [2.05, 4.69) is 26.8 Å². The first-order chi connectivity index (χ1) is 13.5. The zero-order valence-corrected chi connectivity index (χ0v) is 18.2. The van der Waals surface area contributed by atoms with Crippen LogP contribution in [0.5, 0.6) is 0 Å². The van der Waals surface area contributed by atoms with Gasteiger partial charge in [0.1, 0.15) is 5.76 Å². The lowest BCUT2D eigenvalue weighted by Gasteiger charge is -2.23. The van der Waals surface area contributed by atoms with E-state index in [0.29, 0.717) is 12.1 Å². The summed E-state index contributed by atoms with van der Waals surface area (Å²) in [5, 5.41) is 9.18. The number of hydrogen-bond donors (Lipinski definition) is 1. The number of thioether (sulfide) groups is 1. The van der Waals surface area contributed by atoms with E-state index in [0.717, 1.165) is 27.7 Å². The molecule has 0 saturated carbocycles. The molecule has 2 aromatic heterocycles. The molecular formula is C21H25N3O2S2. The van der Waals surface area contributed by atoms with Crippen molar-refractivity contribution < 1.29 is 9.32 Å². The molecule has 2 heterocycles. The van der Waals surface area contributed by atoms with Crippen molar-refractivity contribution in [2.45, 2.75) is 30.5 Å². The maximum absolute atomic E-state index is 12.9. The van der Waals surface area contributed by atoms with Crippen molar-refractivity contribution in [2.75, 3.05) is 20.6 Å². The Kier molecular flexibility index (Phi) is 6.93. The lowest BCUT2D eigenvalue weighted by atomic mass is 10.2. The standard InChI is InChI=1S/C21H25N3O2S2/c1-14-17(15(2)26-23-14)13-28-19-9-6-5-8-16(19)21(25)22-12-18(24(3)4)20-10-7-11-27-20/h5-11,18H,12-13H2,1-4H3,(H,22,25). The van der Waals surface area contributed by atoms with E-state index in [-0.39, 0.29) is 11.9 Å². The first kappa shape index (κ1) is 20.6. The summed E-state index contributed by atoms with van der Waals surface area (Å²) in [5.74, 6) is 1.50. The topological polar surface area (TPSA) is 58.4 Å². The third-order valence-electron chi connectivity index (χ3n) is 4.64. The number of thiophene rings is 1. The van der Waals surface area contributed by atoms with E-state index in [4.69, 9.17) is 4.52 Å². The maximum Gasteiger partial charge on any atom is 0.252 e. The second-order valence-corrected chi connectivity index (χ2v) is 8.79. The molecule has 3 rings (SSSR count). The first-order valence-corrected chi connectivity index (χ1v) is 11.0. The Labute approximate surface area is 174 Å². The third kappa shape index (κ3) is 4.84. The van der Waals surface area contributed by atoms with Crippen LogP contribution in [0.2, 0.25) is 0 Å². The SMILES string of the molecule is Cc1noc(C)c1CSc1ccccc1C(=O)NCC(c1cccs1)N(C)C. The highest BCUT2D eigenvalue weighted by Gasteiger charge is 2.18. The molecule has 0 radical (unpaired) electrons. The third-order valence-corrected chi connectivity index (χ3v) is 6.71. The second kappa shape index (κ2) is 9.41. The van der Waals surface area contributed by atoms with Crippen LogP contribution in [0.15, 0.2) is 51.2 Å². The monoisotopic (exact) mass is 415 g/mol. The highest BCUT2D eigenvalue weighted by atomic mass is 32.2. The van der Waals surface area contributed by atoms with E-state index in [1.54, 1.807) is 23.1 Å². The highest BCUT2D eigenvalue weighted by Crippen LogP contribution is 2.29. The van der Waals surface area contributed by atoms with Crippen molar-refractivity contribution in [3.8, 4) is 0 Å². The Balaban J connectivity index is 1.68. The fourth-order valence-electron chi connectivity index (χ4n) is 2.94. The number of carbonyl (C=O) groups is 1. The van der Waals surface area contributed by atoms with Gasteiger partial charge in [0.05, 0.1) is 17.3 Å². The normalized spacial score (nSPS) is 12.3. The Morgan fingerprint density at radius 3 is 2.68 bits per heavy atom. The van der Waals surface area contributed by atoms with E-state index in [1.165, 1.54) is 4.88 Å². The molecule has 5 nitrogen and oxygen atoms in total. The summed E-state index contributed by atoms with van der Waals surface area (Å²) < 4.78 is 5.24. The lowest BCUT2D eigenvalue weighted by molar-refractivity contribution is 0.0939. The Bertz CT molecular complexity index is 900. The molecule has 1 unspecified atom stereocenters. The van der Waals surface area contributed by atoms with Gasteiger partial charge in [-0.2, -0.15) is 0 Å². The fraction of sp³-hybridized carbons (Fsp3) is 0.333. The van der Waals surface area contributed by atoms with E-state index in [9.17, 15) is 4.79 Å². The predicted octanol–water partition coefficient (Wildman–Crippen LogP) is 4.68. The molecule has 0 fully saturated rings. The number of nitrogens with zero attached hydrogens (tertiary/aromatic N) is 2. The van der Waals surface area contributed by atoms with Gasteiger partial charge in [-0.05, 0) is 51.5 Å². The van der Waals surface area contributed by atoms with Gasteiger partial charge in [-0.3, -0.25) is 4.79 Å². The van der Waals surface area contributed by atoms with Crippen LogP contribution in [0.25, 0.3) is 0 Å². The second-order valence-electron chi connectivity index (χ2n) is 6.79. The van der Waals surface area contributed by atoms with Gasteiger partial charge in [-0.15, -0.1) is 23.1 Å². The molecule has 7 heteroatoms. The van der Waals surface area contributed by atoms with Crippen molar-refractivity contribution in [3.63, 3.8) is 0 Å². The number of hydrogen-bond acceptors (Lipinski definition) is 6. The van der Waals surface area contributed by atoms with Gasteiger partial charge in [0.15, 0.2) is 0 Å². The van der Waals surface area contributed by atoms with Crippen molar-refractivity contribution >= 4 is 29.0 Å². The molecule has 3 aromatic rings. The van der Waals surface area contributed by atoms with Gasteiger partial charge < -0.3 is 14.7 Å². The molecule has 1 aromatic carbocycles. The van der Waals surface area contributed by atoms with Crippen LogP contribution in [-0.2, 0) is 5.75 Å². The van der Waals surface area contributed by atoms with Crippen LogP contribution >= 0.6 is 23.1 Å². The molecule has 1 amide bonds. The average molecular weight is 416 g/mol. The summed E-state index contributed by atoms with van der Waals surface area (Å²) in [6.07, 6.45) is 0. The predicted molar refractivity (Wildman–Crippen MR) is 115 cm³/mol.